The summed E-state index contributed by atoms with van der Waals surface area (Å²) in [5.74, 6) is 0. The van der Waals surface area contributed by atoms with Gasteiger partial charge in [-0.3, -0.25) is 0 Å². The quantitative estimate of drug-likeness (QED) is 0.123. The minimum absolute atomic E-state index is 0. The van der Waals surface area contributed by atoms with E-state index in [9.17, 15) is 5.11 Å². The average molecular weight is 533 g/mol. The number of quaternary nitrogens is 1. The highest BCUT2D eigenvalue weighted by Crippen LogP contribution is 2.27. The largest absolute Gasteiger partial charge is 1.00 e. The number of hydrogen-bond donors (Lipinski definition) is 1. The lowest BCUT2D eigenvalue weighted by Gasteiger charge is -2.43. The molecule has 0 aliphatic heterocycles. The molecule has 1 aliphatic rings. The summed E-state index contributed by atoms with van der Waals surface area (Å²) in [7, 11) is 2.42. The van der Waals surface area contributed by atoms with Gasteiger partial charge >= 0.3 is 0 Å². The first-order valence-electron chi connectivity index (χ1n) is 15.2. The maximum atomic E-state index is 9.58. The number of halogens is 1. The maximum Gasteiger partial charge on any atom is 0.102 e. The van der Waals surface area contributed by atoms with Crippen LogP contribution in [0.1, 0.15) is 161 Å². The SMILES string of the molecule is CCCCCCCCCCCCCCCCCCCCC[N+](C)(CCO)C1CCCCC1.[Br-]. The molecule has 3 heteroatoms. The molecule has 33 heavy (non-hydrogen) atoms. The summed E-state index contributed by atoms with van der Waals surface area (Å²) >= 11 is 0. The smallest absolute Gasteiger partial charge is 0.102 e. The fraction of sp³-hybridized carbons (Fsp3) is 1.00. The van der Waals surface area contributed by atoms with Crippen LogP contribution in [0.3, 0.4) is 0 Å². The Hall–Kier alpha value is 0.400. The second-order valence-corrected chi connectivity index (χ2v) is 11.3. The lowest BCUT2D eigenvalue weighted by atomic mass is 9.92. The van der Waals surface area contributed by atoms with Crippen molar-refractivity contribution >= 4 is 0 Å². The van der Waals surface area contributed by atoms with Crippen LogP contribution < -0.4 is 17.0 Å². The number of likely N-dealkylation sites (N-methyl/N-ethyl adjacent to an activating group) is 1. The molecule has 1 N–H and O–H groups in total. The Balaban J connectivity index is 0.0000102. The van der Waals surface area contributed by atoms with Crippen LogP contribution in [0.2, 0.25) is 0 Å². The van der Waals surface area contributed by atoms with Crippen LogP contribution in [-0.4, -0.2) is 42.4 Å². The third-order valence-corrected chi connectivity index (χ3v) is 8.34. The van der Waals surface area contributed by atoms with Crippen molar-refractivity contribution in [3.05, 3.63) is 0 Å². The van der Waals surface area contributed by atoms with Crippen molar-refractivity contribution in [2.24, 2.45) is 0 Å². The number of aliphatic hydroxyl groups is 1. The summed E-state index contributed by atoms with van der Waals surface area (Å²) < 4.78 is 1.13. The molecule has 0 bridgehead atoms. The minimum atomic E-state index is 0. The third-order valence-electron chi connectivity index (χ3n) is 8.34. The minimum Gasteiger partial charge on any atom is -1.00 e. The van der Waals surface area contributed by atoms with Gasteiger partial charge in [0.15, 0.2) is 0 Å². The van der Waals surface area contributed by atoms with Gasteiger partial charge in [-0.1, -0.05) is 122 Å². The Morgan fingerprint density at radius 3 is 1.27 bits per heavy atom. The molecule has 0 spiro atoms. The molecule has 1 unspecified atom stereocenters. The van der Waals surface area contributed by atoms with E-state index in [2.05, 4.69) is 14.0 Å². The molecule has 0 heterocycles. The van der Waals surface area contributed by atoms with Crippen molar-refractivity contribution in [1.29, 1.82) is 0 Å². The lowest BCUT2D eigenvalue weighted by Crippen LogP contribution is -3.00. The van der Waals surface area contributed by atoms with E-state index in [-0.39, 0.29) is 17.0 Å². The molecule has 1 atom stereocenters. The van der Waals surface area contributed by atoms with Crippen LogP contribution in [0.5, 0.6) is 0 Å². The molecule has 0 aromatic heterocycles. The fourth-order valence-electron chi connectivity index (χ4n) is 5.96. The summed E-state index contributed by atoms with van der Waals surface area (Å²) in [6.07, 6.45) is 34.5. The van der Waals surface area contributed by atoms with E-state index < -0.39 is 0 Å². The normalized spacial score (nSPS) is 16.5. The first-order valence-corrected chi connectivity index (χ1v) is 15.2. The predicted octanol–water partition coefficient (Wildman–Crippen LogP) is 6.19. The van der Waals surface area contributed by atoms with E-state index >= 15 is 0 Å². The molecule has 2 nitrogen and oxygen atoms in total. The topological polar surface area (TPSA) is 20.2 Å². The number of rotatable bonds is 23. The zero-order valence-electron chi connectivity index (χ0n) is 22.9. The molecule has 1 fully saturated rings. The van der Waals surface area contributed by atoms with Crippen molar-refractivity contribution in [2.75, 3.05) is 26.7 Å². The number of unbranched alkanes of at least 4 members (excludes halogenated alkanes) is 18. The van der Waals surface area contributed by atoms with E-state index in [0.29, 0.717) is 6.61 Å². The zero-order valence-corrected chi connectivity index (χ0v) is 24.5. The highest BCUT2D eigenvalue weighted by atomic mass is 79.9. The first kappa shape index (κ1) is 33.4. The van der Waals surface area contributed by atoms with Crippen LogP contribution in [-0.2, 0) is 0 Å². The van der Waals surface area contributed by atoms with Crippen LogP contribution in [0.4, 0.5) is 0 Å². The Morgan fingerprint density at radius 2 is 0.909 bits per heavy atom. The van der Waals surface area contributed by atoms with E-state index in [0.717, 1.165) is 17.1 Å². The van der Waals surface area contributed by atoms with Gasteiger partial charge < -0.3 is 26.6 Å². The van der Waals surface area contributed by atoms with Crippen LogP contribution in [0, 0.1) is 0 Å². The first-order chi connectivity index (χ1) is 15.7. The van der Waals surface area contributed by atoms with Gasteiger partial charge in [0.05, 0.1) is 26.2 Å². The van der Waals surface area contributed by atoms with E-state index in [1.807, 2.05) is 0 Å². The Labute approximate surface area is 220 Å². The summed E-state index contributed by atoms with van der Waals surface area (Å²) in [5, 5.41) is 9.58. The van der Waals surface area contributed by atoms with Gasteiger partial charge in [0.25, 0.3) is 0 Å². The van der Waals surface area contributed by atoms with Crippen LogP contribution in [0.15, 0.2) is 0 Å². The van der Waals surface area contributed by atoms with Gasteiger partial charge in [-0.15, -0.1) is 0 Å². The predicted molar refractivity (Wildman–Crippen MR) is 143 cm³/mol. The molecule has 0 saturated heterocycles. The van der Waals surface area contributed by atoms with Gasteiger partial charge in [0.1, 0.15) is 6.54 Å². The van der Waals surface area contributed by atoms with Crippen molar-refractivity contribution in [3.63, 3.8) is 0 Å². The highest BCUT2D eigenvalue weighted by molar-refractivity contribution is 4.67. The Kier molecular flexibility index (Phi) is 24.4. The van der Waals surface area contributed by atoms with E-state index in [1.54, 1.807) is 0 Å². The van der Waals surface area contributed by atoms with Crippen LogP contribution >= 0.6 is 0 Å². The monoisotopic (exact) mass is 531 g/mol. The highest BCUT2D eigenvalue weighted by Gasteiger charge is 2.32. The van der Waals surface area contributed by atoms with Gasteiger partial charge in [0.2, 0.25) is 0 Å². The second kappa shape index (κ2) is 24.1. The zero-order chi connectivity index (χ0) is 23.2. The van der Waals surface area contributed by atoms with Gasteiger partial charge in [-0.25, -0.2) is 0 Å². The van der Waals surface area contributed by atoms with E-state index in [4.69, 9.17) is 0 Å². The Morgan fingerprint density at radius 1 is 0.545 bits per heavy atom. The summed E-state index contributed by atoms with van der Waals surface area (Å²) in [4.78, 5) is 0. The number of nitrogens with zero attached hydrogens (tertiary/aromatic N) is 1. The third kappa shape index (κ3) is 18.3. The molecular weight excluding hydrogens is 470 g/mol. The average Bonchev–Trinajstić information content (AvgIpc) is 2.81. The van der Waals surface area contributed by atoms with Gasteiger partial charge in [-0.2, -0.15) is 0 Å². The molecular formula is C30H62BrNO. The molecule has 0 aromatic rings. The molecule has 0 amide bonds. The summed E-state index contributed by atoms with van der Waals surface area (Å²) in [6.45, 7) is 4.90. The second-order valence-electron chi connectivity index (χ2n) is 11.3. The van der Waals surface area contributed by atoms with Crippen molar-refractivity contribution in [1.82, 2.24) is 0 Å². The molecule has 200 valence electrons. The molecule has 1 aliphatic carbocycles. The maximum absolute atomic E-state index is 9.58. The van der Waals surface area contributed by atoms with E-state index in [1.165, 1.54) is 161 Å². The molecule has 0 aromatic carbocycles. The number of hydrogen-bond acceptors (Lipinski definition) is 1. The van der Waals surface area contributed by atoms with Crippen molar-refractivity contribution in [2.45, 2.75) is 167 Å². The molecule has 1 saturated carbocycles. The molecule has 0 radical (unpaired) electrons. The number of aliphatic hydroxyl groups excluding tert-OH is 1. The summed E-state index contributed by atoms with van der Waals surface area (Å²) in [5.41, 5.74) is 0. The van der Waals surface area contributed by atoms with Crippen LogP contribution in [0.25, 0.3) is 0 Å². The molecule has 1 rings (SSSR count). The lowest BCUT2D eigenvalue weighted by molar-refractivity contribution is -0.935. The van der Waals surface area contributed by atoms with Gasteiger partial charge in [0, 0.05) is 0 Å². The Bertz CT molecular complexity index is 385. The van der Waals surface area contributed by atoms with Crippen molar-refractivity contribution in [3.8, 4) is 0 Å². The van der Waals surface area contributed by atoms with Crippen molar-refractivity contribution < 1.29 is 26.6 Å². The standard InChI is InChI=1S/C30H62NO.BrH/c1-3-4-5-6-7-8-9-10-11-12-13-14-15-16-17-18-19-20-24-27-31(2,28-29-32)30-25-22-21-23-26-30;/h30,32H,3-29H2,1-2H3;1H/q+1;/p-1. The fourth-order valence-corrected chi connectivity index (χ4v) is 5.96. The summed E-state index contributed by atoms with van der Waals surface area (Å²) in [6, 6.07) is 0.812. The van der Waals surface area contributed by atoms with Gasteiger partial charge in [-0.05, 0) is 38.5 Å².